The van der Waals surface area contributed by atoms with Crippen LogP contribution in [0.2, 0.25) is 0 Å². The second-order valence-corrected chi connectivity index (χ2v) is 4.63. The van der Waals surface area contributed by atoms with Crippen LogP contribution >= 0.6 is 0 Å². The van der Waals surface area contributed by atoms with Crippen LogP contribution in [0.1, 0.15) is 18.9 Å². The number of carbonyl (C=O) groups is 1. The first kappa shape index (κ1) is 15.5. The van der Waals surface area contributed by atoms with E-state index in [1.54, 1.807) is 6.08 Å². The Morgan fingerprint density at radius 1 is 1.45 bits per heavy atom. The van der Waals surface area contributed by atoms with E-state index in [4.69, 9.17) is 10.00 Å². The number of benzene rings is 1. The molecular formula is C17H17N3O2. The number of aromatic nitrogens is 1. The number of nitrogens with one attached hydrogen (secondary N) is 1. The summed E-state index contributed by atoms with van der Waals surface area (Å²) >= 11 is 0. The molecule has 0 spiro atoms. The smallest absolute Gasteiger partial charge is 0.244 e. The number of hydrogen-bond donors (Lipinski definition) is 1. The lowest BCUT2D eigenvalue weighted by Crippen LogP contribution is -2.20. The van der Waals surface area contributed by atoms with Gasteiger partial charge in [-0.1, -0.05) is 25.1 Å². The van der Waals surface area contributed by atoms with Crippen molar-refractivity contribution in [3.8, 4) is 11.9 Å². The number of nitrogens with zero attached hydrogens (tertiary/aromatic N) is 2. The van der Waals surface area contributed by atoms with Gasteiger partial charge in [-0.2, -0.15) is 5.26 Å². The fourth-order valence-corrected chi connectivity index (χ4v) is 1.90. The largest absolute Gasteiger partial charge is 0.477 e. The van der Waals surface area contributed by atoms with Crippen molar-refractivity contribution < 1.29 is 9.53 Å². The Hall–Kier alpha value is -2.87. The summed E-state index contributed by atoms with van der Waals surface area (Å²) in [7, 11) is 0. The quantitative estimate of drug-likeness (QED) is 0.656. The summed E-state index contributed by atoms with van der Waals surface area (Å²) in [6, 6.07) is 11.5. The standard InChI is InChI=1S/C17H17N3O2/c1-2-11-22-17-14(7-8-16(21)19-10-9-18)12-13-5-3-4-6-15(13)20-17/h3-8,12H,2,10-11H2,1H3,(H,19,21)/b8-7-. The number of hydrogen-bond acceptors (Lipinski definition) is 4. The summed E-state index contributed by atoms with van der Waals surface area (Å²) < 4.78 is 5.66. The third-order valence-electron chi connectivity index (χ3n) is 2.92. The molecule has 1 aromatic carbocycles. The van der Waals surface area contributed by atoms with E-state index >= 15 is 0 Å². The van der Waals surface area contributed by atoms with Gasteiger partial charge in [-0.05, 0) is 24.6 Å². The fraction of sp³-hybridized carbons (Fsp3) is 0.235. The summed E-state index contributed by atoms with van der Waals surface area (Å²) in [6.07, 6.45) is 3.90. The summed E-state index contributed by atoms with van der Waals surface area (Å²) in [4.78, 5) is 16.0. The average Bonchev–Trinajstić information content (AvgIpc) is 2.55. The highest BCUT2D eigenvalue weighted by Gasteiger charge is 2.06. The van der Waals surface area contributed by atoms with E-state index in [9.17, 15) is 4.79 Å². The third kappa shape index (κ3) is 4.06. The van der Waals surface area contributed by atoms with Crippen LogP contribution in [0.4, 0.5) is 0 Å². The van der Waals surface area contributed by atoms with Crippen LogP contribution in [-0.4, -0.2) is 24.0 Å². The molecule has 0 bridgehead atoms. The molecule has 0 aliphatic rings. The SMILES string of the molecule is CCCOc1nc2ccccc2cc1/C=C\C(=O)NCC#N. The first-order chi connectivity index (χ1) is 10.7. The van der Waals surface area contributed by atoms with E-state index in [-0.39, 0.29) is 12.5 Å². The Bertz CT molecular complexity index is 732. The fourth-order valence-electron chi connectivity index (χ4n) is 1.90. The number of nitriles is 1. The molecule has 0 aliphatic heterocycles. The van der Waals surface area contributed by atoms with Crippen molar-refractivity contribution in [2.45, 2.75) is 13.3 Å². The summed E-state index contributed by atoms with van der Waals surface area (Å²) in [5, 5.41) is 11.9. The minimum absolute atomic E-state index is 0.0155. The molecule has 5 heteroatoms. The van der Waals surface area contributed by atoms with E-state index < -0.39 is 0 Å². The number of fused-ring (bicyclic) bond motifs is 1. The molecule has 0 atom stereocenters. The zero-order valence-electron chi connectivity index (χ0n) is 12.4. The molecule has 0 fully saturated rings. The van der Waals surface area contributed by atoms with E-state index in [0.717, 1.165) is 22.9 Å². The predicted octanol–water partition coefficient (Wildman–Crippen LogP) is 2.68. The Morgan fingerprint density at radius 2 is 2.27 bits per heavy atom. The monoisotopic (exact) mass is 295 g/mol. The molecule has 22 heavy (non-hydrogen) atoms. The lowest BCUT2D eigenvalue weighted by atomic mass is 10.1. The Kier molecular flexibility index (Phi) is 5.50. The number of para-hydroxylation sites is 1. The normalized spacial score (nSPS) is 10.5. The lowest BCUT2D eigenvalue weighted by Gasteiger charge is -2.09. The van der Waals surface area contributed by atoms with Gasteiger partial charge in [-0.3, -0.25) is 4.79 Å². The van der Waals surface area contributed by atoms with Crippen molar-refractivity contribution in [1.29, 1.82) is 5.26 Å². The molecule has 5 nitrogen and oxygen atoms in total. The van der Waals surface area contributed by atoms with Gasteiger partial charge in [0.2, 0.25) is 11.8 Å². The van der Waals surface area contributed by atoms with Gasteiger partial charge in [0.1, 0.15) is 6.54 Å². The van der Waals surface area contributed by atoms with Crippen molar-refractivity contribution in [3.63, 3.8) is 0 Å². The maximum atomic E-state index is 11.6. The second kappa shape index (κ2) is 7.79. The van der Waals surface area contributed by atoms with Gasteiger partial charge >= 0.3 is 0 Å². The molecule has 112 valence electrons. The van der Waals surface area contributed by atoms with E-state index in [1.807, 2.05) is 43.3 Å². The van der Waals surface area contributed by atoms with Crippen molar-refractivity contribution in [1.82, 2.24) is 10.3 Å². The van der Waals surface area contributed by atoms with Gasteiger partial charge in [0.25, 0.3) is 0 Å². The van der Waals surface area contributed by atoms with E-state index in [0.29, 0.717) is 12.5 Å². The Labute approximate surface area is 129 Å². The molecule has 0 radical (unpaired) electrons. The number of pyridine rings is 1. The maximum absolute atomic E-state index is 11.6. The summed E-state index contributed by atoms with van der Waals surface area (Å²) in [5.41, 5.74) is 1.58. The van der Waals surface area contributed by atoms with Crippen LogP contribution in [0.15, 0.2) is 36.4 Å². The molecule has 1 heterocycles. The van der Waals surface area contributed by atoms with Gasteiger partial charge in [-0.25, -0.2) is 4.98 Å². The third-order valence-corrected chi connectivity index (χ3v) is 2.92. The van der Waals surface area contributed by atoms with Crippen molar-refractivity contribution in [2.24, 2.45) is 0 Å². The molecule has 0 saturated carbocycles. The van der Waals surface area contributed by atoms with Gasteiger partial charge in [0, 0.05) is 17.0 Å². The average molecular weight is 295 g/mol. The number of amides is 1. The molecule has 2 aromatic rings. The van der Waals surface area contributed by atoms with Crippen LogP contribution < -0.4 is 10.1 Å². The highest BCUT2D eigenvalue weighted by molar-refractivity contribution is 5.93. The first-order valence-corrected chi connectivity index (χ1v) is 7.10. The minimum atomic E-state index is -0.323. The highest BCUT2D eigenvalue weighted by atomic mass is 16.5. The molecule has 1 N–H and O–H groups in total. The van der Waals surface area contributed by atoms with Crippen LogP contribution in [0, 0.1) is 11.3 Å². The number of rotatable bonds is 6. The van der Waals surface area contributed by atoms with Crippen LogP contribution in [0.5, 0.6) is 5.88 Å². The molecule has 0 saturated heterocycles. The topological polar surface area (TPSA) is 75.0 Å². The predicted molar refractivity (Wildman–Crippen MR) is 85.2 cm³/mol. The minimum Gasteiger partial charge on any atom is -0.477 e. The van der Waals surface area contributed by atoms with Crippen LogP contribution in [0.25, 0.3) is 17.0 Å². The molecular weight excluding hydrogens is 278 g/mol. The van der Waals surface area contributed by atoms with Gasteiger partial charge < -0.3 is 10.1 Å². The molecule has 0 unspecified atom stereocenters. The first-order valence-electron chi connectivity index (χ1n) is 7.10. The summed E-state index contributed by atoms with van der Waals surface area (Å²) in [6.45, 7) is 2.57. The Morgan fingerprint density at radius 3 is 3.05 bits per heavy atom. The molecule has 1 aromatic heterocycles. The van der Waals surface area contributed by atoms with Gasteiger partial charge in [0.05, 0.1) is 18.2 Å². The highest BCUT2D eigenvalue weighted by Crippen LogP contribution is 2.23. The maximum Gasteiger partial charge on any atom is 0.244 e. The van der Waals surface area contributed by atoms with E-state index in [1.165, 1.54) is 6.08 Å². The second-order valence-electron chi connectivity index (χ2n) is 4.63. The molecule has 0 aliphatic carbocycles. The molecule has 1 amide bonds. The van der Waals surface area contributed by atoms with Crippen LogP contribution in [0.3, 0.4) is 0 Å². The zero-order valence-corrected chi connectivity index (χ0v) is 12.4. The number of ether oxygens (including phenoxy) is 1. The van der Waals surface area contributed by atoms with Crippen molar-refractivity contribution in [3.05, 3.63) is 42.0 Å². The van der Waals surface area contributed by atoms with Gasteiger partial charge in [-0.15, -0.1) is 0 Å². The zero-order chi connectivity index (χ0) is 15.8. The van der Waals surface area contributed by atoms with Gasteiger partial charge in [0.15, 0.2) is 0 Å². The molecule has 2 rings (SSSR count). The van der Waals surface area contributed by atoms with Crippen LogP contribution in [-0.2, 0) is 4.79 Å². The lowest BCUT2D eigenvalue weighted by molar-refractivity contribution is -0.116. The summed E-state index contributed by atoms with van der Waals surface area (Å²) in [5.74, 6) is 0.182. The Balaban J connectivity index is 2.30. The van der Waals surface area contributed by atoms with E-state index in [2.05, 4.69) is 10.3 Å². The van der Waals surface area contributed by atoms with Crippen molar-refractivity contribution in [2.75, 3.05) is 13.2 Å². The number of carbonyl (C=O) groups excluding carboxylic acids is 1. The van der Waals surface area contributed by atoms with Crippen molar-refractivity contribution >= 4 is 22.9 Å².